The summed E-state index contributed by atoms with van der Waals surface area (Å²) < 4.78 is 0. The summed E-state index contributed by atoms with van der Waals surface area (Å²) in [5.41, 5.74) is 18.0. The lowest BCUT2D eigenvalue weighted by Gasteiger charge is -2.21. The monoisotopic (exact) mass is 608 g/mol. The number of fused-ring (bicyclic) bond motifs is 2. The second-order valence-corrected chi connectivity index (χ2v) is 17.3. The van der Waals surface area contributed by atoms with E-state index in [1.165, 1.54) is 56.6 Å². The highest BCUT2D eigenvalue weighted by atomic mass is 28.2. The second-order valence-electron chi connectivity index (χ2n) is 15.5. The Labute approximate surface area is 275 Å². The van der Waals surface area contributed by atoms with Crippen LogP contribution in [0.25, 0.3) is 34.4 Å². The van der Waals surface area contributed by atoms with E-state index in [9.17, 15) is 0 Å². The van der Waals surface area contributed by atoms with E-state index in [2.05, 4.69) is 152 Å². The van der Waals surface area contributed by atoms with Gasteiger partial charge in [-0.25, -0.2) is 0 Å². The fourth-order valence-electron chi connectivity index (χ4n) is 7.78. The molecular formula is C44H52Si. The van der Waals surface area contributed by atoms with E-state index in [-0.39, 0.29) is 20.3 Å². The van der Waals surface area contributed by atoms with Crippen LogP contribution in [0.4, 0.5) is 0 Å². The summed E-state index contributed by atoms with van der Waals surface area (Å²) in [5, 5.41) is 0. The lowest BCUT2D eigenvalue weighted by molar-refractivity contribution is 0.590. The molecule has 2 aliphatic carbocycles. The van der Waals surface area contributed by atoms with Gasteiger partial charge in [-0.15, -0.1) is 0 Å². The molecule has 6 rings (SSSR count). The molecule has 0 saturated carbocycles. The van der Waals surface area contributed by atoms with E-state index in [0.717, 1.165) is 12.8 Å². The summed E-state index contributed by atoms with van der Waals surface area (Å²) >= 11 is 0. The fourth-order valence-corrected chi connectivity index (χ4v) is 10.2. The van der Waals surface area contributed by atoms with Gasteiger partial charge in [0.15, 0.2) is 0 Å². The van der Waals surface area contributed by atoms with Crippen LogP contribution in [0.3, 0.4) is 0 Å². The Morgan fingerprint density at radius 2 is 0.889 bits per heavy atom. The molecule has 1 heteroatoms. The maximum Gasteiger partial charge on any atom is 0.0218 e. The molecule has 2 unspecified atom stereocenters. The molecule has 0 fully saturated rings. The van der Waals surface area contributed by atoms with E-state index < -0.39 is 0 Å². The molecular weight excluding hydrogens is 557 g/mol. The van der Waals surface area contributed by atoms with Gasteiger partial charge in [-0.3, -0.25) is 0 Å². The van der Waals surface area contributed by atoms with Crippen LogP contribution in [0, 0.1) is 0 Å². The maximum atomic E-state index is 2.54. The number of benzene rings is 4. The molecule has 0 spiro atoms. The minimum Gasteiger partial charge on any atom is -0.0626 e. The van der Waals surface area contributed by atoms with Crippen molar-refractivity contribution in [2.75, 3.05) is 0 Å². The number of rotatable bonds is 8. The number of hydrogen-bond acceptors (Lipinski definition) is 0. The third-order valence-electron chi connectivity index (χ3n) is 10.5. The van der Waals surface area contributed by atoms with Crippen molar-refractivity contribution in [1.82, 2.24) is 0 Å². The topological polar surface area (TPSA) is 0 Å². The van der Waals surface area contributed by atoms with Crippen molar-refractivity contribution in [2.24, 2.45) is 0 Å². The van der Waals surface area contributed by atoms with Crippen LogP contribution < -0.4 is 0 Å². The van der Waals surface area contributed by atoms with Gasteiger partial charge < -0.3 is 0 Å². The Morgan fingerprint density at radius 3 is 1.22 bits per heavy atom. The zero-order valence-electron chi connectivity index (χ0n) is 28.9. The van der Waals surface area contributed by atoms with Gasteiger partial charge in [0.2, 0.25) is 0 Å². The van der Waals surface area contributed by atoms with Crippen molar-refractivity contribution < 1.29 is 0 Å². The number of allylic oxidation sites excluding steroid dienone is 2. The molecule has 0 radical (unpaired) electrons. The van der Waals surface area contributed by atoms with Gasteiger partial charge in [0.25, 0.3) is 0 Å². The molecule has 4 aromatic rings. The first-order chi connectivity index (χ1) is 21.5. The van der Waals surface area contributed by atoms with E-state index >= 15 is 0 Å². The Bertz CT molecular complexity index is 1600. The number of hydrogen-bond donors (Lipinski definition) is 0. The summed E-state index contributed by atoms with van der Waals surface area (Å²) in [6.45, 7) is 18.5. The third-order valence-corrected chi connectivity index (χ3v) is 12.5. The van der Waals surface area contributed by atoms with E-state index in [4.69, 9.17) is 0 Å². The normalized spacial score (nSPS) is 17.9. The van der Waals surface area contributed by atoms with Crippen LogP contribution >= 0.6 is 0 Å². The molecule has 232 valence electrons. The summed E-state index contributed by atoms with van der Waals surface area (Å²) in [4.78, 5) is 0. The molecule has 0 saturated heterocycles. The average Bonchev–Trinajstić information content (AvgIpc) is 3.58. The van der Waals surface area contributed by atoms with Crippen molar-refractivity contribution in [1.29, 1.82) is 0 Å². The molecule has 2 atom stereocenters. The highest BCUT2D eigenvalue weighted by molar-refractivity contribution is 6.36. The van der Waals surface area contributed by atoms with Gasteiger partial charge in [0, 0.05) is 21.4 Å². The lowest BCUT2D eigenvalue weighted by atomic mass is 9.85. The predicted octanol–water partition coefficient (Wildman–Crippen LogP) is 12.1. The van der Waals surface area contributed by atoms with Crippen molar-refractivity contribution in [3.8, 4) is 22.3 Å². The zero-order chi connectivity index (χ0) is 31.9. The van der Waals surface area contributed by atoms with Crippen molar-refractivity contribution in [3.63, 3.8) is 0 Å². The Balaban J connectivity index is 1.21. The molecule has 2 aliphatic rings. The Kier molecular flexibility index (Phi) is 8.70. The van der Waals surface area contributed by atoms with Crippen LogP contribution in [0.5, 0.6) is 0 Å². The van der Waals surface area contributed by atoms with E-state index in [0.29, 0.717) is 11.8 Å². The van der Waals surface area contributed by atoms with Crippen LogP contribution in [-0.2, 0) is 10.8 Å². The smallest absolute Gasteiger partial charge is 0.0218 e. The summed E-state index contributed by atoms with van der Waals surface area (Å²) in [7, 11) is -0.283. The van der Waals surface area contributed by atoms with Gasteiger partial charge in [0.05, 0.1) is 0 Å². The molecule has 0 nitrogen and oxygen atoms in total. The first-order valence-corrected chi connectivity index (χ1v) is 19.4. The minimum atomic E-state index is -0.283. The van der Waals surface area contributed by atoms with Gasteiger partial charge in [0.1, 0.15) is 0 Å². The van der Waals surface area contributed by atoms with Gasteiger partial charge >= 0.3 is 0 Å². The summed E-state index contributed by atoms with van der Waals surface area (Å²) in [5.74, 6) is 1.18. The standard InChI is InChI=1S/C44H52Si/c1-9-29-25-39-35(31-17-21-33(22-18-31)43(3,4)5)13-11-15-37(39)41(29)27-45-28-42-30(10-2)26-40-36(14-12-16-38(40)42)32-19-23-34(24-20-32)44(6,7)8/h11-26,41-42H,9-10,27-28,45H2,1-8H3. The predicted molar refractivity (Wildman–Crippen MR) is 201 cm³/mol. The molecule has 0 bridgehead atoms. The quantitative estimate of drug-likeness (QED) is 0.175. The Morgan fingerprint density at radius 1 is 0.511 bits per heavy atom. The maximum absolute atomic E-state index is 2.54. The van der Waals surface area contributed by atoms with Crippen LogP contribution in [0.1, 0.15) is 113 Å². The minimum absolute atomic E-state index is 0.175. The van der Waals surface area contributed by atoms with Crippen molar-refractivity contribution in [3.05, 3.63) is 129 Å². The fraction of sp³-hybridized carbons (Fsp3) is 0.364. The third kappa shape index (κ3) is 6.21. The van der Waals surface area contributed by atoms with Crippen molar-refractivity contribution in [2.45, 2.75) is 103 Å². The second kappa shape index (κ2) is 12.4. The van der Waals surface area contributed by atoms with E-state index in [1.54, 1.807) is 22.3 Å². The highest BCUT2D eigenvalue weighted by Gasteiger charge is 2.29. The van der Waals surface area contributed by atoms with Crippen molar-refractivity contribution >= 4 is 21.7 Å². The Hall–Kier alpha value is -3.42. The van der Waals surface area contributed by atoms with Gasteiger partial charge in [-0.05, 0) is 79.3 Å². The SMILES string of the molecule is CCC1=Cc2c(-c3ccc(C(C)(C)C)cc3)cccc2C1C[SiH2]CC1C(CC)=Cc2c(-c3ccc(C(C)(C)C)cc3)cccc21. The summed E-state index contributed by atoms with van der Waals surface area (Å²) in [6, 6.07) is 35.4. The molecule has 45 heavy (non-hydrogen) atoms. The zero-order valence-corrected chi connectivity index (χ0v) is 30.3. The van der Waals surface area contributed by atoms with Gasteiger partial charge in [-0.2, -0.15) is 0 Å². The molecule has 0 aliphatic heterocycles. The first kappa shape index (κ1) is 31.6. The molecule has 0 aromatic heterocycles. The van der Waals surface area contributed by atoms with E-state index in [1.807, 2.05) is 0 Å². The highest BCUT2D eigenvalue weighted by Crippen LogP contribution is 2.47. The average molecular weight is 609 g/mol. The summed E-state index contributed by atoms with van der Waals surface area (Å²) in [6.07, 6.45) is 7.36. The molecule has 0 amide bonds. The van der Waals surface area contributed by atoms with Crippen LogP contribution in [-0.4, -0.2) is 9.52 Å². The lowest BCUT2D eigenvalue weighted by Crippen LogP contribution is -2.10. The largest absolute Gasteiger partial charge is 0.0626 e. The first-order valence-electron chi connectivity index (χ1n) is 17.4. The van der Waals surface area contributed by atoms with Gasteiger partial charge in [-0.1, -0.05) is 176 Å². The van der Waals surface area contributed by atoms with Crippen LogP contribution in [0.2, 0.25) is 12.1 Å². The molecule has 0 N–H and O–H groups in total. The molecule has 0 heterocycles. The molecule has 4 aromatic carbocycles. The van der Waals surface area contributed by atoms with Crippen LogP contribution in [0.15, 0.2) is 96.1 Å².